The first kappa shape index (κ1) is 20.1. The van der Waals surface area contributed by atoms with Gasteiger partial charge in [-0.2, -0.15) is 0 Å². The summed E-state index contributed by atoms with van der Waals surface area (Å²) in [6, 6.07) is 10.8. The molecule has 0 saturated heterocycles. The van der Waals surface area contributed by atoms with Crippen molar-refractivity contribution in [1.29, 1.82) is 0 Å². The van der Waals surface area contributed by atoms with Crippen molar-refractivity contribution in [3.05, 3.63) is 64.1 Å². The number of hydrogen-bond acceptors (Lipinski definition) is 5. The Labute approximate surface area is 176 Å². The van der Waals surface area contributed by atoms with Gasteiger partial charge in [0.2, 0.25) is 10.0 Å². The van der Waals surface area contributed by atoms with Crippen molar-refractivity contribution in [2.45, 2.75) is 35.5 Å². The summed E-state index contributed by atoms with van der Waals surface area (Å²) in [5.74, 6) is -0.917. The third-order valence-corrected chi connectivity index (χ3v) is 7.20. The van der Waals surface area contributed by atoms with Gasteiger partial charge in [-0.1, -0.05) is 34.1 Å². The zero-order valence-corrected chi connectivity index (χ0v) is 17.4. The number of aliphatic hydroxyl groups is 1. The number of benzene rings is 2. The second-order valence-electron chi connectivity index (χ2n) is 7.02. The van der Waals surface area contributed by atoms with Gasteiger partial charge in [-0.05, 0) is 30.3 Å². The summed E-state index contributed by atoms with van der Waals surface area (Å²) in [6.07, 6.45) is 1.45. The Morgan fingerprint density at radius 2 is 1.93 bits per heavy atom. The van der Waals surface area contributed by atoms with Crippen molar-refractivity contribution in [3.8, 4) is 5.75 Å². The van der Waals surface area contributed by atoms with Gasteiger partial charge >= 0.3 is 5.97 Å². The van der Waals surface area contributed by atoms with E-state index >= 15 is 0 Å². The van der Waals surface area contributed by atoms with Crippen LogP contribution in [0.1, 0.15) is 23.5 Å². The van der Waals surface area contributed by atoms with Crippen LogP contribution in [0, 0.1) is 0 Å². The molecule has 0 aromatic heterocycles. The zero-order chi connectivity index (χ0) is 20.8. The van der Waals surface area contributed by atoms with E-state index < -0.39 is 34.2 Å². The van der Waals surface area contributed by atoms with Crippen LogP contribution >= 0.6 is 15.9 Å². The smallest absolute Gasteiger partial charge is 0.328 e. The second kappa shape index (κ2) is 7.56. The minimum Gasteiger partial charge on any atom is -0.489 e. The van der Waals surface area contributed by atoms with Gasteiger partial charge in [0.1, 0.15) is 11.9 Å². The molecular formula is C20H18BrNO6S. The number of sulfonamides is 1. The lowest BCUT2D eigenvalue weighted by atomic mass is 9.93. The minimum absolute atomic E-state index is 0.105. The molecule has 2 aliphatic rings. The standard InChI is InChI=1S/C20H18BrNO6S/c21-12-5-7-13(8-6-12)29(26,27)22-19-15(23)10-16-18(19)14-3-1-2-11(20(14)28-16)4-9-17(24)25/h1-9,15-16,18-19,22-23H,10H2,(H,24,25). The Kier molecular flexibility index (Phi) is 5.24. The lowest BCUT2D eigenvalue weighted by molar-refractivity contribution is -0.131. The molecule has 1 aliphatic carbocycles. The van der Waals surface area contributed by atoms with Gasteiger partial charge in [0.25, 0.3) is 0 Å². The number of aliphatic carboxylic acids is 1. The lowest BCUT2D eigenvalue weighted by Gasteiger charge is -2.22. The number of carboxylic acids is 1. The average Bonchev–Trinajstić information content (AvgIpc) is 3.16. The number of rotatable bonds is 5. The molecule has 4 rings (SSSR count). The van der Waals surface area contributed by atoms with Crippen LogP contribution in [0.4, 0.5) is 0 Å². The summed E-state index contributed by atoms with van der Waals surface area (Å²) in [6.45, 7) is 0. The van der Waals surface area contributed by atoms with Gasteiger partial charge in [-0.3, -0.25) is 0 Å². The number of fused-ring (bicyclic) bond motifs is 3. The molecule has 1 aliphatic heterocycles. The van der Waals surface area contributed by atoms with E-state index in [0.717, 1.165) is 16.1 Å². The SMILES string of the molecule is O=C(O)C=Cc1cccc2c1OC1CC(O)C(NS(=O)(=O)c3ccc(Br)cc3)C21. The Morgan fingerprint density at radius 3 is 2.62 bits per heavy atom. The fourth-order valence-corrected chi connectivity index (χ4v) is 5.50. The van der Waals surface area contributed by atoms with Crippen molar-refractivity contribution in [2.24, 2.45) is 0 Å². The van der Waals surface area contributed by atoms with E-state index in [2.05, 4.69) is 20.7 Å². The average molecular weight is 480 g/mol. The van der Waals surface area contributed by atoms with E-state index in [1.807, 2.05) is 6.07 Å². The molecule has 2 aromatic carbocycles. The normalized spacial score (nSPS) is 25.6. The molecule has 0 bridgehead atoms. The predicted octanol–water partition coefficient (Wildman–Crippen LogP) is 2.50. The highest BCUT2D eigenvalue weighted by Crippen LogP contribution is 2.49. The first-order valence-electron chi connectivity index (χ1n) is 8.93. The number of ether oxygens (including phenoxy) is 1. The third-order valence-electron chi connectivity index (χ3n) is 5.20. The van der Waals surface area contributed by atoms with Crippen molar-refractivity contribution in [2.75, 3.05) is 0 Å². The molecule has 4 unspecified atom stereocenters. The van der Waals surface area contributed by atoms with Crippen molar-refractivity contribution in [3.63, 3.8) is 0 Å². The number of hydrogen-bond donors (Lipinski definition) is 3. The highest BCUT2D eigenvalue weighted by molar-refractivity contribution is 9.10. The predicted molar refractivity (Wildman–Crippen MR) is 109 cm³/mol. The molecule has 3 N–H and O–H groups in total. The molecule has 1 heterocycles. The Morgan fingerprint density at radius 1 is 1.21 bits per heavy atom. The van der Waals surface area contributed by atoms with E-state index in [-0.39, 0.29) is 17.2 Å². The number of aliphatic hydroxyl groups excluding tert-OH is 1. The van der Waals surface area contributed by atoms with Crippen molar-refractivity contribution < 1.29 is 28.2 Å². The monoisotopic (exact) mass is 479 g/mol. The summed E-state index contributed by atoms with van der Waals surface area (Å²) in [7, 11) is -3.84. The van der Waals surface area contributed by atoms with Crippen LogP contribution in [-0.2, 0) is 14.8 Å². The van der Waals surface area contributed by atoms with Crippen LogP contribution in [-0.4, -0.2) is 42.8 Å². The maximum Gasteiger partial charge on any atom is 0.328 e. The summed E-state index contributed by atoms with van der Waals surface area (Å²) in [5.41, 5.74) is 1.35. The Balaban J connectivity index is 1.66. The van der Waals surface area contributed by atoms with Crippen molar-refractivity contribution >= 4 is 38.0 Å². The van der Waals surface area contributed by atoms with Crippen LogP contribution in [0.2, 0.25) is 0 Å². The molecule has 152 valence electrons. The van der Waals surface area contributed by atoms with Crippen LogP contribution in [0.3, 0.4) is 0 Å². The van der Waals surface area contributed by atoms with Crippen LogP contribution in [0.15, 0.2) is 57.9 Å². The summed E-state index contributed by atoms with van der Waals surface area (Å²) in [4.78, 5) is 10.9. The third kappa shape index (κ3) is 3.83. The van der Waals surface area contributed by atoms with Crippen molar-refractivity contribution in [1.82, 2.24) is 4.72 Å². The van der Waals surface area contributed by atoms with E-state index in [1.54, 1.807) is 24.3 Å². The quantitative estimate of drug-likeness (QED) is 0.567. The van der Waals surface area contributed by atoms with E-state index in [4.69, 9.17) is 9.84 Å². The molecular weight excluding hydrogens is 462 g/mol. The van der Waals surface area contributed by atoms with Crippen LogP contribution < -0.4 is 9.46 Å². The highest BCUT2D eigenvalue weighted by Gasteiger charge is 2.51. The van der Waals surface area contributed by atoms with Gasteiger partial charge in [-0.15, -0.1) is 0 Å². The number of carbonyl (C=O) groups is 1. The second-order valence-corrected chi connectivity index (χ2v) is 9.65. The fraction of sp³-hybridized carbons (Fsp3) is 0.250. The van der Waals surface area contributed by atoms with E-state index in [9.17, 15) is 18.3 Å². The molecule has 0 radical (unpaired) electrons. The zero-order valence-electron chi connectivity index (χ0n) is 15.0. The fourth-order valence-electron chi connectivity index (χ4n) is 3.95. The molecule has 2 aromatic rings. The highest BCUT2D eigenvalue weighted by atomic mass is 79.9. The molecule has 0 spiro atoms. The lowest BCUT2D eigenvalue weighted by Crippen LogP contribution is -2.43. The number of para-hydroxylation sites is 1. The number of halogens is 1. The maximum atomic E-state index is 12.8. The molecule has 9 heteroatoms. The van der Waals surface area contributed by atoms with Gasteiger partial charge in [0.15, 0.2) is 0 Å². The minimum atomic E-state index is -3.84. The Hall–Kier alpha value is -2.20. The molecule has 29 heavy (non-hydrogen) atoms. The molecule has 1 saturated carbocycles. The van der Waals surface area contributed by atoms with Gasteiger partial charge in [-0.25, -0.2) is 17.9 Å². The first-order valence-corrected chi connectivity index (χ1v) is 11.2. The topological polar surface area (TPSA) is 113 Å². The number of carboxylic acid groups (broad SMARTS) is 1. The Bertz CT molecular complexity index is 1080. The van der Waals surface area contributed by atoms with Gasteiger partial charge in [0, 0.05) is 34.0 Å². The number of nitrogens with one attached hydrogen (secondary N) is 1. The molecule has 0 amide bonds. The maximum absolute atomic E-state index is 12.8. The van der Waals surface area contributed by atoms with Gasteiger partial charge < -0.3 is 14.9 Å². The molecule has 7 nitrogen and oxygen atoms in total. The van der Waals surface area contributed by atoms with E-state index in [1.165, 1.54) is 18.2 Å². The molecule has 1 fully saturated rings. The summed E-state index contributed by atoms with van der Waals surface area (Å²) in [5, 5.41) is 19.4. The van der Waals surface area contributed by atoms with E-state index in [0.29, 0.717) is 11.3 Å². The first-order chi connectivity index (χ1) is 13.8. The summed E-state index contributed by atoms with van der Waals surface area (Å²) < 4.78 is 35.1. The summed E-state index contributed by atoms with van der Waals surface area (Å²) >= 11 is 3.28. The van der Waals surface area contributed by atoms with Crippen LogP contribution in [0.25, 0.3) is 6.08 Å². The van der Waals surface area contributed by atoms with Gasteiger partial charge in [0.05, 0.1) is 17.0 Å². The molecule has 4 atom stereocenters. The largest absolute Gasteiger partial charge is 0.489 e. The van der Waals surface area contributed by atoms with Crippen LogP contribution in [0.5, 0.6) is 5.75 Å².